The molecule has 0 saturated heterocycles. The third-order valence-electron chi connectivity index (χ3n) is 8.75. The van der Waals surface area contributed by atoms with Gasteiger partial charge >= 0.3 is 6.09 Å². The molecule has 11 nitrogen and oxygen atoms in total. The van der Waals surface area contributed by atoms with Crippen molar-refractivity contribution < 1.29 is 19.1 Å². The number of hydrogen-bond donors (Lipinski definition) is 4. The number of amides is 3. The van der Waals surface area contributed by atoms with E-state index < -0.39 is 23.6 Å². The molecule has 0 aliphatic rings. The number of ether oxygens (including phenoxy) is 1. The number of hydrogen-bond acceptors (Lipinski definition) is 6. The van der Waals surface area contributed by atoms with Crippen LogP contribution in [0.15, 0.2) is 108 Å². The first-order chi connectivity index (χ1) is 23.9. The number of likely N-dealkylation sites (N-methyl/N-ethyl adjacent to an activating group) is 1. The first kappa shape index (κ1) is 39.3. The highest BCUT2D eigenvalue weighted by atomic mass is 16.6. The van der Waals surface area contributed by atoms with Crippen molar-refractivity contribution in [1.29, 1.82) is 0 Å². The van der Waals surface area contributed by atoms with E-state index in [9.17, 15) is 14.4 Å². The summed E-state index contributed by atoms with van der Waals surface area (Å²) in [6.45, 7) is 6.30. The molecule has 11 heteroatoms. The minimum absolute atomic E-state index is 0.0408. The van der Waals surface area contributed by atoms with Gasteiger partial charge in [-0.15, -0.1) is 0 Å². The average molecular weight is 684 g/mol. The molecular weight excluding hydrogens is 630 g/mol. The Morgan fingerprint density at radius 3 is 1.90 bits per heavy atom. The summed E-state index contributed by atoms with van der Waals surface area (Å²) >= 11 is 0. The Hall–Kier alpha value is -5.16. The maximum absolute atomic E-state index is 13.8. The molecule has 0 aromatic heterocycles. The summed E-state index contributed by atoms with van der Waals surface area (Å²) in [5.74, 6) is -0.279. The van der Waals surface area contributed by atoms with E-state index in [1.807, 2.05) is 69.6 Å². The van der Waals surface area contributed by atoms with Gasteiger partial charge in [0.1, 0.15) is 11.8 Å². The lowest BCUT2D eigenvalue weighted by atomic mass is 9.68. The number of allylic oxidation sites excluding steroid dienone is 2. The van der Waals surface area contributed by atoms with Crippen LogP contribution < -0.4 is 22.1 Å². The van der Waals surface area contributed by atoms with Crippen LogP contribution in [0.3, 0.4) is 0 Å². The third kappa shape index (κ3) is 10.9. The number of nitrogens with zero attached hydrogens (tertiary/aromatic N) is 3. The zero-order valence-electron chi connectivity index (χ0n) is 30.1. The molecular formula is C39H53N7O4. The Kier molecular flexibility index (Phi) is 15.0. The van der Waals surface area contributed by atoms with E-state index in [-0.39, 0.29) is 30.4 Å². The van der Waals surface area contributed by atoms with Crippen molar-refractivity contribution in [2.75, 3.05) is 34.2 Å². The first-order valence-corrected chi connectivity index (χ1v) is 17.0. The Morgan fingerprint density at radius 1 is 0.860 bits per heavy atom. The number of benzene rings is 3. The summed E-state index contributed by atoms with van der Waals surface area (Å²) in [5.41, 5.74) is 12.6. The quantitative estimate of drug-likeness (QED) is 0.0699. The van der Waals surface area contributed by atoms with Crippen molar-refractivity contribution in [2.24, 2.45) is 16.5 Å². The second-order valence-corrected chi connectivity index (χ2v) is 12.8. The van der Waals surface area contributed by atoms with Crippen LogP contribution in [0.1, 0.15) is 61.5 Å². The molecule has 0 unspecified atom stereocenters. The van der Waals surface area contributed by atoms with Crippen LogP contribution in [0.2, 0.25) is 0 Å². The normalized spacial score (nSPS) is 13.5. The standard InChI is InChI=1S/C39H53N7O4/c1-7-34(39(26-29(3)45(4)5,31-20-13-9-14-21-31)32-22-15-10-16-23-32)50-38(49)46(6)27-28(2)43-36(48)33(24-17-25-42-37(40)41)44-35(47)30-18-11-8-12-19-30/h7-16,18-23,28-29,33H,17,24-27H2,1-6H3,(H,43,48)(H,44,47)(H4,40,41,42)/b34-7+/t28-,29+,33-/m0/s1. The Bertz CT molecular complexity index is 1540. The van der Waals surface area contributed by atoms with Gasteiger partial charge in [0.05, 0.1) is 5.41 Å². The molecule has 0 aliphatic carbocycles. The Labute approximate surface area is 296 Å². The highest BCUT2D eigenvalue weighted by Crippen LogP contribution is 2.44. The lowest BCUT2D eigenvalue weighted by Crippen LogP contribution is -2.51. The molecule has 3 rings (SSSR count). The highest BCUT2D eigenvalue weighted by molar-refractivity contribution is 5.97. The molecule has 0 radical (unpaired) electrons. The summed E-state index contributed by atoms with van der Waals surface area (Å²) < 4.78 is 6.28. The second-order valence-electron chi connectivity index (χ2n) is 12.8. The van der Waals surface area contributed by atoms with Crippen molar-refractivity contribution in [3.8, 4) is 0 Å². The zero-order chi connectivity index (χ0) is 36.7. The van der Waals surface area contributed by atoms with Gasteiger partial charge in [-0.25, -0.2) is 4.79 Å². The van der Waals surface area contributed by atoms with Gasteiger partial charge in [-0.05, 0) is 83.5 Å². The molecule has 0 saturated carbocycles. The Balaban J connectivity index is 1.79. The molecule has 0 bridgehead atoms. The lowest BCUT2D eigenvalue weighted by Gasteiger charge is -2.40. The second kappa shape index (κ2) is 19.1. The van der Waals surface area contributed by atoms with E-state index in [0.717, 1.165) is 11.1 Å². The van der Waals surface area contributed by atoms with Crippen LogP contribution in [0.4, 0.5) is 4.79 Å². The van der Waals surface area contributed by atoms with Gasteiger partial charge in [-0.2, -0.15) is 0 Å². The minimum atomic E-state index is -0.845. The van der Waals surface area contributed by atoms with E-state index in [0.29, 0.717) is 37.1 Å². The van der Waals surface area contributed by atoms with Gasteiger partial charge in [0, 0.05) is 37.8 Å². The van der Waals surface area contributed by atoms with E-state index in [2.05, 4.69) is 51.7 Å². The van der Waals surface area contributed by atoms with Crippen LogP contribution in [-0.2, 0) is 14.9 Å². The van der Waals surface area contributed by atoms with E-state index in [4.69, 9.17) is 16.2 Å². The van der Waals surface area contributed by atoms with Crippen molar-refractivity contribution >= 4 is 23.9 Å². The van der Waals surface area contributed by atoms with Gasteiger partial charge in [0.2, 0.25) is 5.91 Å². The van der Waals surface area contributed by atoms with Gasteiger partial charge in [0.15, 0.2) is 5.96 Å². The van der Waals surface area contributed by atoms with Crippen molar-refractivity contribution in [1.82, 2.24) is 20.4 Å². The van der Waals surface area contributed by atoms with Crippen LogP contribution in [0.25, 0.3) is 0 Å². The molecule has 6 N–H and O–H groups in total. The topological polar surface area (TPSA) is 155 Å². The number of nitrogens with two attached hydrogens (primary N) is 2. The SMILES string of the molecule is C/C=C(/OC(=O)N(C)C[C@H](C)NC(=O)[C@H](CCCN=C(N)N)NC(=O)c1ccccc1)C(C[C@@H](C)N(C)C)(c1ccccc1)c1ccccc1. The zero-order valence-corrected chi connectivity index (χ0v) is 30.1. The summed E-state index contributed by atoms with van der Waals surface area (Å²) in [7, 11) is 5.72. The number of rotatable bonds is 17. The fraction of sp³-hybridized carbons (Fsp3) is 0.385. The van der Waals surface area contributed by atoms with E-state index >= 15 is 0 Å². The molecule has 268 valence electrons. The van der Waals surface area contributed by atoms with Crippen molar-refractivity contribution in [3.05, 3.63) is 120 Å². The fourth-order valence-corrected chi connectivity index (χ4v) is 5.90. The largest absolute Gasteiger partial charge is 0.414 e. The maximum atomic E-state index is 13.8. The average Bonchev–Trinajstić information content (AvgIpc) is 3.11. The number of carbonyl (C=O) groups is 3. The Morgan fingerprint density at radius 2 is 1.40 bits per heavy atom. The predicted octanol–water partition coefficient (Wildman–Crippen LogP) is 4.64. The molecule has 0 spiro atoms. The van der Waals surface area contributed by atoms with Crippen molar-refractivity contribution in [2.45, 2.75) is 63.6 Å². The molecule has 3 aromatic carbocycles. The van der Waals surface area contributed by atoms with Crippen LogP contribution in [0, 0.1) is 0 Å². The lowest BCUT2D eigenvalue weighted by molar-refractivity contribution is -0.123. The number of nitrogens with one attached hydrogen (secondary N) is 2. The fourth-order valence-electron chi connectivity index (χ4n) is 5.90. The van der Waals surface area contributed by atoms with Crippen LogP contribution >= 0.6 is 0 Å². The summed E-state index contributed by atoms with van der Waals surface area (Å²) in [6, 6.07) is 27.7. The summed E-state index contributed by atoms with van der Waals surface area (Å²) in [5, 5.41) is 5.78. The first-order valence-electron chi connectivity index (χ1n) is 17.0. The predicted molar refractivity (Wildman–Crippen MR) is 200 cm³/mol. The van der Waals surface area contributed by atoms with E-state index in [1.165, 1.54) is 4.90 Å². The monoisotopic (exact) mass is 683 g/mol. The molecule has 3 atom stereocenters. The number of aliphatic imine (C=N–C) groups is 1. The molecule has 3 aromatic rings. The van der Waals surface area contributed by atoms with Gasteiger partial charge in [-0.3, -0.25) is 14.6 Å². The van der Waals surface area contributed by atoms with Crippen LogP contribution in [0.5, 0.6) is 0 Å². The molecule has 50 heavy (non-hydrogen) atoms. The van der Waals surface area contributed by atoms with Gasteiger partial charge in [0.25, 0.3) is 5.91 Å². The van der Waals surface area contributed by atoms with E-state index in [1.54, 1.807) is 38.2 Å². The number of guanidine groups is 1. The van der Waals surface area contributed by atoms with Gasteiger partial charge in [-0.1, -0.05) is 78.9 Å². The molecule has 3 amide bonds. The van der Waals surface area contributed by atoms with Crippen molar-refractivity contribution in [3.63, 3.8) is 0 Å². The number of carbonyl (C=O) groups excluding carboxylic acids is 3. The third-order valence-corrected chi connectivity index (χ3v) is 8.75. The molecule has 0 fully saturated rings. The highest BCUT2D eigenvalue weighted by Gasteiger charge is 2.42. The molecule has 0 aliphatic heterocycles. The summed E-state index contributed by atoms with van der Waals surface area (Å²) in [4.78, 5) is 47.8. The van der Waals surface area contributed by atoms with Gasteiger partial charge < -0.3 is 36.6 Å². The maximum Gasteiger partial charge on any atom is 0.414 e. The molecule has 0 heterocycles. The van der Waals surface area contributed by atoms with Crippen LogP contribution in [-0.4, -0.2) is 86.0 Å². The smallest absolute Gasteiger partial charge is 0.414 e. The minimum Gasteiger partial charge on any atom is -0.414 e. The summed E-state index contributed by atoms with van der Waals surface area (Å²) in [6.07, 6.45) is 2.73.